The third-order valence-electron chi connectivity index (χ3n) is 2.23. The summed E-state index contributed by atoms with van der Waals surface area (Å²) in [6, 6.07) is -1.78. The molecular weight excluding hydrogens is 234 g/mol. The lowest BCUT2D eigenvalue weighted by molar-refractivity contribution is -0.146. The Kier molecular flexibility index (Phi) is 6.39. The molecule has 0 fully saturated rings. The molecule has 0 radical (unpaired) electrons. The molecule has 0 heterocycles. The van der Waals surface area contributed by atoms with Gasteiger partial charge in [-0.2, -0.15) is 0 Å². The maximum atomic E-state index is 11.3. The van der Waals surface area contributed by atoms with E-state index < -0.39 is 48.6 Å². The zero-order chi connectivity index (χ0) is 13.7. The lowest BCUT2D eigenvalue weighted by Crippen LogP contribution is -2.54. The number of carbonyl (C=O) groups excluding carboxylic acids is 2. The number of aliphatic hydroxyl groups excluding tert-OH is 5. The second-order valence-corrected chi connectivity index (χ2v) is 3.67. The van der Waals surface area contributed by atoms with Gasteiger partial charge in [-0.1, -0.05) is 0 Å². The van der Waals surface area contributed by atoms with E-state index in [0.717, 1.165) is 6.92 Å². The SMILES string of the molecule is CC(O)C(O)C(O)[C@H](N)C(=O)C(=O)[C@H](O)CO. The van der Waals surface area contributed by atoms with Crippen LogP contribution in [0.25, 0.3) is 0 Å². The standard InChI is InChI=1S/C9H17NO7/c1-3(12)6(14)8(16)5(10)9(17)7(15)4(13)2-11/h3-6,8,11-14,16H,2,10H2,1H3/t3?,4-,5+,6?,8?/m1/s1. The average Bonchev–Trinajstić information content (AvgIpc) is 2.32. The topological polar surface area (TPSA) is 161 Å². The Morgan fingerprint density at radius 1 is 1.06 bits per heavy atom. The van der Waals surface area contributed by atoms with Crippen LogP contribution in [0.2, 0.25) is 0 Å². The van der Waals surface area contributed by atoms with Gasteiger partial charge >= 0.3 is 0 Å². The first-order chi connectivity index (χ1) is 7.73. The molecule has 0 amide bonds. The monoisotopic (exact) mass is 251 g/mol. The van der Waals surface area contributed by atoms with E-state index >= 15 is 0 Å². The first kappa shape index (κ1) is 16.1. The van der Waals surface area contributed by atoms with Crippen LogP contribution < -0.4 is 5.73 Å². The van der Waals surface area contributed by atoms with Gasteiger partial charge in [0.25, 0.3) is 0 Å². The van der Waals surface area contributed by atoms with Crippen molar-refractivity contribution in [1.29, 1.82) is 0 Å². The average molecular weight is 251 g/mol. The van der Waals surface area contributed by atoms with Crippen molar-refractivity contribution in [3.63, 3.8) is 0 Å². The van der Waals surface area contributed by atoms with Gasteiger partial charge in [-0.25, -0.2) is 0 Å². The normalized spacial score (nSPS) is 20.2. The smallest absolute Gasteiger partial charge is 0.230 e. The van der Waals surface area contributed by atoms with Gasteiger partial charge in [-0.15, -0.1) is 0 Å². The summed E-state index contributed by atoms with van der Waals surface area (Å²) in [6.45, 7) is 0.210. The number of hydrogen-bond acceptors (Lipinski definition) is 8. The van der Waals surface area contributed by atoms with Gasteiger partial charge in [-0.3, -0.25) is 9.59 Å². The van der Waals surface area contributed by atoms with Gasteiger partial charge in [0.1, 0.15) is 24.4 Å². The maximum absolute atomic E-state index is 11.3. The van der Waals surface area contributed by atoms with Crippen LogP contribution in [-0.2, 0) is 9.59 Å². The first-order valence-corrected chi connectivity index (χ1v) is 4.90. The van der Waals surface area contributed by atoms with E-state index in [0.29, 0.717) is 0 Å². The Morgan fingerprint density at radius 2 is 1.53 bits per heavy atom. The molecule has 0 aliphatic rings. The fourth-order valence-electron chi connectivity index (χ4n) is 1.06. The lowest BCUT2D eigenvalue weighted by atomic mass is 9.95. The molecule has 5 atom stereocenters. The number of rotatable bonds is 7. The number of carbonyl (C=O) groups is 2. The highest BCUT2D eigenvalue weighted by molar-refractivity contribution is 6.40. The van der Waals surface area contributed by atoms with Crippen molar-refractivity contribution < 1.29 is 35.1 Å². The fourth-order valence-corrected chi connectivity index (χ4v) is 1.06. The van der Waals surface area contributed by atoms with Gasteiger partial charge < -0.3 is 31.3 Å². The van der Waals surface area contributed by atoms with Gasteiger partial charge in [0.2, 0.25) is 11.6 Å². The molecule has 0 rings (SSSR count). The van der Waals surface area contributed by atoms with Crippen LogP contribution in [-0.4, -0.2) is 74.2 Å². The minimum atomic E-state index is -1.91. The largest absolute Gasteiger partial charge is 0.393 e. The van der Waals surface area contributed by atoms with E-state index in [2.05, 4.69) is 0 Å². The first-order valence-electron chi connectivity index (χ1n) is 4.90. The van der Waals surface area contributed by atoms with E-state index in [9.17, 15) is 19.8 Å². The van der Waals surface area contributed by atoms with E-state index in [4.69, 9.17) is 21.1 Å². The van der Waals surface area contributed by atoms with Crippen molar-refractivity contribution in [2.45, 2.75) is 37.4 Å². The zero-order valence-corrected chi connectivity index (χ0v) is 9.22. The number of nitrogens with two attached hydrogens (primary N) is 1. The highest BCUT2D eigenvalue weighted by Crippen LogP contribution is 2.05. The summed E-state index contributed by atoms with van der Waals surface area (Å²) in [7, 11) is 0. The molecule has 8 nitrogen and oxygen atoms in total. The van der Waals surface area contributed by atoms with E-state index in [1.807, 2.05) is 0 Å². The van der Waals surface area contributed by atoms with Crippen LogP contribution >= 0.6 is 0 Å². The maximum Gasteiger partial charge on any atom is 0.230 e. The van der Waals surface area contributed by atoms with Gasteiger partial charge in [-0.05, 0) is 6.92 Å². The Balaban J connectivity index is 4.65. The molecule has 0 aliphatic heterocycles. The molecular formula is C9H17NO7. The van der Waals surface area contributed by atoms with Gasteiger partial charge in [0.05, 0.1) is 12.7 Å². The molecule has 3 unspecified atom stereocenters. The summed E-state index contributed by atoms with van der Waals surface area (Å²) in [5.41, 5.74) is 5.21. The minimum Gasteiger partial charge on any atom is -0.393 e. The Hall–Kier alpha value is -0.900. The molecule has 17 heavy (non-hydrogen) atoms. The predicted molar refractivity (Wildman–Crippen MR) is 54.8 cm³/mol. The number of Topliss-reactive ketones (excluding diaryl/α,β-unsaturated/α-hetero) is 2. The van der Waals surface area contributed by atoms with Crippen molar-refractivity contribution in [2.24, 2.45) is 5.73 Å². The Labute approximate surface area is 97.3 Å². The second kappa shape index (κ2) is 6.74. The Bertz CT molecular complexity index is 281. The summed E-state index contributed by atoms with van der Waals surface area (Å²) < 4.78 is 0. The fraction of sp³-hybridized carbons (Fsp3) is 0.778. The molecule has 100 valence electrons. The third-order valence-corrected chi connectivity index (χ3v) is 2.23. The highest BCUT2D eigenvalue weighted by Gasteiger charge is 2.36. The molecule has 0 aromatic carbocycles. The molecule has 0 bridgehead atoms. The van der Waals surface area contributed by atoms with Gasteiger partial charge in [0, 0.05) is 0 Å². The summed E-state index contributed by atoms with van der Waals surface area (Å²) >= 11 is 0. The summed E-state index contributed by atoms with van der Waals surface area (Å²) in [5, 5.41) is 44.9. The molecule has 7 N–H and O–H groups in total. The van der Waals surface area contributed by atoms with Crippen LogP contribution in [0, 0.1) is 0 Å². The van der Waals surface area contributed by atoms with Crippen molar-refractivity contribution >= 4 is 11.6 Å². The molecule has 0 spiro atoms. The highest BCUT2D eigenvalue weighted by atomic mass is 16.4. The number of ketones is 2. The summed E-state index contributed by atoms with van der Waals surface area (Å²) in [5.74, 6) is -2.70. The van der Waals surface area contributed by atoms with Crippen molar-refractivity contribution in [3.05, 3.63) is 0 Å². The van der Waals surface area contributed by atoms with Crippen LogP contribution in [0.5, 0.6) is 0 Å². The third kappa shape index (κ3) is 4.11. The molecule has 0 aromatic heterocycles. The summed E-state index contributed by atoms with van der Waals surface area (Å²) in [4.78, 5) is 22.4. The number of hydrogen-bond donors (Lipinski definition) is 6. The Morgan fingerprint density at radius 3 is 1.88 bits per heavy atom. The predicted octanol–water partition coefficient (Wildman–Crippen LogP) is -4.09. The van der Waals surface area contributed by atoms with Gasteiger partial charge in [0.15, 0.2) is 0 Å². The molecule has 0 aromatic rings. The van der Waals surface area contributed by atoms with E-state index in [-0.39, 0.29) is 0 Å². The number of aliphatic hydroxyl groups is 5. The van der Waals surface area contributed by atoms with Crippen LogP contribution in [0.15, 0.2) is 0 Å². The zero-order valence-electron chi connectivity index (χ0n) is 9.22. The van der Waals surface area contributed by atoms with Crippen molar-refractivity contribution in [3.8, 4) is 0 Å². The lowest BCUT2D eigenvalue weighted by Gasteiger charge is -2.24. The van der Waals surface area contributed by atoms with Crippen molar-refractivity contribution in [2.75, 3.05) is 6.61 Å². The second-order valence-electron chi connectivity index (χ2n) is 3.67. The molecule has 0 saturated heterocycles. The molecule has 0 saturated carbocycles. The van der Waals surface area contributed by atoms with Crippen molar-refractivity contribution in [1.82, 2.24) is 0 Å². The van der Waals surface area contributed by atoms with E-state index in [1.54, 1.807) is 0 Å². The van der Waals surface area contributed by atoms with E-state index in [1.165, 1.54) is 0 Å². The van der Waals surface area contributed by atoms with Crippen LogP contribution in [0.3, 0.4) is 0 Å². The quantitative estimate of drug-likeness (QED) is 0.249. The molecule has 0 aliphatic carbocycles. The van der Waals surface area contributed by atoms with Crippen LogP contribution in [0.4, 0.5) is 0 Å². The minimum absolute atomic E-state index is 0.952. The molecule has 8 heteroatoms. The van der Waals surface area contributed by atoms with Crippen LogP contribution in [0.1, 0.15) is 6.92 Å². The summed E-state index contributed by atoms with van der Waals surface area (Å²) in [6.07, 6.45) is -6.81.